The van der Waals surface area contributed by atoms with E-state index in [4.69, 9.17) is 4.52 Å². The Kier molecular flexibility index (Phi) is 4.57. The van der Waals surface area contributed by atoms with Crippen LogP contribution in [0, 0.1) is 0 Å². The molecule has 0 aliphatic carbocycles. The molecular weight excluding hydrogens is 391 g/mol. The van der Waals surface area contributed by atoms with E-state index in [1.165, 1.54) is 29.3 Å². The van der Waals surface area contributed by atoms with Gasteiger partial charge in [-0.2, -0.15) is 18.2 Å². The number of urea groups is 1. The number of aromatic amines is 1. The van der Waals surface area contributed by atoms with E-state index < -0.39 is 17.8 Å². The van der Waals surface area contributed by atoms with Crippen LogP contribution in [0.4, 0.5) is 23.7 Å². The number of nitrogens with zero attached hydrogens (tertiary/aromatic N) is 3. The van der Waals surface area contributed by atoms with E-state index in [1.807, 2.05) is 0 Å². The monoisotopic (exact) mass is 405 g/mol. The molecule has 4 rings (SSSR count). The molecule has 0 saturated carbocycles. The number of likely N-dealkylation sites (tertiary alicyclic amines) is 1. The van der Waals surface area contributed by atoms with E-state index in [2.05, 4.69) is 20.4 Å². The number of benzene rings is 1. The average molecular weight is 405 g/mol. The van der Waals surface area contributed by atoms with Gasteiger partial charge in [-0.3, -0.25) is 4.79 Å². The van der Waals surface area contributed by atoms with E-state index in [0.717, 1.165) is 6.07 Å². The highest BCUT2D eigenvalue weighted by molar-refractivity contribution is 5.91. The fraction of sp³-hybridized carbons (Fsp3) is 0.222. The minimum atomic E-state index is -4.57. The Balaban J connectivity index is 1.40. The van der Waals surface area contributed by atoms with Gasteiger partial charge in [-0.1, -0.05) is 17.3 Å². The number of halogens is 3. The third-order valence-electron chi connectivity index (χ3n) is 4.49. The van der Waals surface area contributed by atoms with Crippen LogP contribution in [0.25, 0.3) is 11.4 Å². The number of carbonyl (C=O) groups excluding carboxylic acids is 1. The third kappa shape index (κ3) is 3.71. The molecule has 2 amide bonds. The van der Waals surface area contributed by atoms with Gasteiger partial charge in [-0.25, -0.2) is 4.79 Å². The Morgan fingerprint density at radius 3 is 2.69 bits per heavy atom. The van der Waals surface area contributed by atoms with Gasteiger partial charge in [0.15, 0.2) is 0 Å². The summed E-state index contributed by atoms with van der Waals surface area (Å²) in [6.45, 7) is 0.402. The molecule has 1 aliphatic rings. The molecule has 2 N–H and O–H groups in total. The number of nitrogens with one attached hydrogen (secondary N) is 2. The SMILES string of the molecule is O=C(Nc1ccccc1C(F)(F)F)N1CC(c2nc(-c3ccc[nH]c3=O)no2)C1. The lowest BCUT2D eigenvalue weighted by Crippen LogP contribution is -2.50. The number of aromatic nitrogens is 3. The summed E-state index contributed by atoms with van der Waals surface area (Å²) in [6.07, 6.45) is -3.09. The molecule has 8 nitrogen and oxygen atoms in total. The second-order valence-electron chi connectivity index (χ2n) is 6.44. The van der Waals surface area contributed by atoms with Crippen molar-refractivity contribution < 1.29 is 22.5 Å². The fourth-order valence-electron chi connectivity index (χ4n) is 2.94. The van der Waals surface area contributed by atoms with E-state index in [1.54, 1.807) is 12.1 Å². The summed E-state index contributed by atoms with van der Waals surface area (Å²) in [4.78, 5) is 32.1. The van der Waals surface area contributed by atoms with Gasteiger partial charge in [0.1, 0.15) is 0 Å². The molecule has 150 valence electrons. The first-order chi connectivity index (χ1) is 13.8. The zero-order valence-electron chi connectivity index (χ0n) is 14.7. The van der Waals surface area contributed by atoms with E-state index in [-0.39, 0.29) is 47.5 Å². The number of anilines is 1. The third-order valence-corrected chi connectivity index (χ3v) is 4.49. The van der Waals surface area contributed by atoms with Gasteiger partial charge >= 0.3 is 12.2 Å². The van der Waals surface area contributed by atoms with Gasteiger partial charge in [0, 0.05) is 19.3 Å². The molecule has 0 bridgehead atoms. The Hall–Kier alpha value is -3.63. The standard InChI is InChI=1S/C18H14F3N5O3/c19-18(20,21)12-5-1-2-6-13(12)23-17(28)26-8-10(9-26)16-24-14(25-29-16)11-4-3-7-22-15(11)27/h1-7,10H,8-9H2,(H,22,27)(H,23,28). The summed E-state index contributed by atoms with van der Waals surface area (Å²) >= 11 is 0. The summed E-state index contributed by atoms with van der Waals surface area (Å²) in [5.41, 5.74) is -1.34. The van der Waals surface area contributed by atoms with Gasteiger partial charge in [0.25, 0.3) is 5.56 Å². The molecule has 1 saturated heterocycles. The van der Waals surface area contributed by atoms with Crippen LogP contribution in [0.5, 0.6) is 0 Å². The van der Waals surface area contributed by atoms with E-state index >= 15 is 0 Å². The number of pyridine rings is 1. The number of H-pyrrole nitrogens is 1. The van der Waals surface area contributed by atoms with Crippen LogP contribution in [0.3, 0.4) is 0 Å². The molecule has 0 atom stereocenters. The van der Waals surface area contributed by atoms with Crippen molar-refractivity contribution in [2.45, 2.75) is 12.1 Å². The van der Waals surface area contributed by atoms with Crippen molar-refractivity contribution in [1.82, 2.24) is 20.0 Å². The molecule has 0 spiro atoms. The number of hydrogen-bond donors (Lipinski definition) is 2. The summed E-state index contributed by atoms with van der Waals surface area (Å²) < 4.78 is 44.3. The van der Waals surface area contributed by atoms with E-state index in [9.17, 15) is 22.8 Å². The maximum atomic E-state index is 13.0. The Labute approximate surface area is 161 Å². The highest BCUT2D eigenvalue weighted by atomic mass is 19.4. The van der Waals surface area contributed by atoms with Crippen LogP contribution in [0.1, 0.15) is 17.4 Å². The normalized spacial score (nSPS) is 14.5. The average Bonchev–Trinajstić information content (AvgIpc) is 3.09. The molecule has 3 heterocycles. The number of amides is 2. The second kappa shape index (κ2) is 7.08. The smallest absolute Gasteiger partial charge is 0.339 e. The zero-order valence-corrected chi connectivity index (χ0v) is 14.7. The highest BCUT2D eigenvalue weighted by Gasteiger charge is 2.38. The predicted molar refractivity (Wildman–Crippen MR) is 95.1 cm³/mol. The number of rotatable bonds is 3. The maximum Gasteiger partial charge on any atom is 0.418 e. The molecule has 1 aromatic carbocycles. The summed E-state index contributed by atoms with van der Waals surface area (Å²) in [6, 6.07) is 7.28. The Morgan fingerprint density at radius 1 is 1.21 bits per heavy atom. The molecule has 11 heteroatoms. The van der Waals surface area contributed by atoms with Gasteiger partial charge in [-0.15, -0.1) is 0 Å². The number of para-hydroxylation sites is 1. The predicted octanol–water partition coefficient (Wildman–Crippen LogP) is 3.08. The van der Waals surface area contributed by atoms with Crippen LogP contribution in [-0.2, 0) is 6.18 Å². The topological polar surface area (TPSA) is 104 Å². The highest BCUT2D eigenvalue weighted by Crippen LogP contribution is 2.35. The van der Waals surface area contributed by atoms with Crippen molar-refractivity contribution in [1.29, 1.82) is 0 Å². The fourth-order valence-corrected chi connectivity index (χ4v) is 2.94. The van der Waals surface area contributed by atoms with Crippen molar-refractivity contribution in [3.05, 3.63) is 64.4 Å². The van der Waals surface area contributed by atoms with Crippen LogP contribution in [-0.4, -0.2) is 39.1 Å². The minimum Gasteiger partial charge on any atom is -0.339 e. The van der Waals surface area contributed by atoms with Crippen molar-refractivity contribution in [2.24, 2.45) is 0 Å². The van der Waals surface area contributed by atoms with Crippen LogP contribution in [0.2, 0.25) is 0 Å². The minimum absolute atomic E-state index is 0.129. The lowest BCUT2D eigenvalue weighted by atomic mass is 10.0. The van der Waals surface area contributed by atoms with Crippen LogP contribution < -0.4 is 10.9 Å². The quantitative estimate of drug-likeness (QED) is 0.697. The molecule has 3 aromatic rings. The molecule has 29 heavy (non-hydrogen) atoms. The maximum absolute atomic E-state index is 13.0. The summed E-state index contributed by atoms with van der Waals surface area (Å²) in [5, 5.41) is 6.06. The van der Waals surface area contributed by atoms with Gasteiger partial charge < -0.3 is 19.7 Å². The Bertz CT molecular complexity index is 1100. The van der Waals surface area contributed by atoms with Gasteiger partial charge in [-0.05, 0) is 24.3 Å². The second-order valence-corrected chi connectivity index (χ2v) is 6.44. The lowest BCUT2D eigenvalue weighted by Gasteiger charge is -2.37. The van der Waals surface area contributed by atoms with Crippen molar-refractivity contribution in [2.75, 3.05) is 18.4 Å². The van der Waals surface area contributed by atoms with Crippen molar-refractivity contribution >= 4 is 11.7 Å². The Morgan fingerprint density at radius 2 is 1.97 bits per heavy atom. The number of carbonyl (C=O) groups is 1. The summed E-state index contributed by atoms with van der Waals surface area (Å²) in [7, 11) is 0. The van der Waals surface area contributed by atoms with Crippen LogP contribution >= 0.6 is 0 Å². The molecule has 1 fully saturated rings. The molecule has 2 aromatic heterocycles. The van der Waals surface area contributed by atoms with Crippen molar-refractivity contribution in [3.63, 3.8) is 0 Å². The summed E-state index contributed by atoms with van der Waals surface area (Å²) in [5.74, 6) is 0.120. The molecule has 0 radical (unpaired) electrons. The first kappa shape index (κ1) is 18.7. The number of hydrogen-bond acceptors (Lipinski definition) is 5. The largest absolute Gasteiger partial charge is 0.418 e. The van der Waals surface area contributed by atoms with Crippen molar-refractivity contribution in [3.8, 4) is 11.4 Å². The molecular formula is C18H14F3N5O3. The van der Waals surface area contributed by atoms with Gasteiger partial charge in [0.2, 0.25) is 11.7 Å². The lowest BCUT2D eigenvalue weighted by molar-refractivity contribution is -0.136. The van der Waals surface area contributed by atoms with Gasteiger partial charge in [0.05, 0.1) is 22.7 Å². The first-order valence-electron chi connectivity index (χ1n) is 8.57. The van der Waals surface area contributed by atoms with E-state index in [0.29, 0.717) is 0 Å². The first-order valence-corrected chi connectivity index (χ1v) is 8.57. The molecule has 0 unspecified atom stereocenters. The number of alkyl halides is 3. The van der Waals surface area contributed by atoms with Crippen LogP contribution in [0.15, 0.2) is 51.9 Å². The molecule has 1 aliphatic heterocycles. The zero-order chi connectivity index (χ0) is 20.6.